The molecule has 1 N–H and O–H groups in total. The number of aryl methyl sites for hydroxylation is 1. The summed E-state index contributed by atoms with van der Waals surface area (Å²) in [5, 5.41) is 8.71. The zero-order chi connectivity index (χ0) is 60.2. The molecule has 6 aliphatic carbocycles. The van der Waals surface area contributed by atoms with Gasteiger partial charge in [0.1, 0.15) is 0 Å². The first-order valence-electron chi connectivity index (χ1n) is 31.9. The molecular weight excluding hydrogens is 1060 g/mol. The van der Waals surface area contributed by atoms with Crippen LogP contribution in [0.1, 0.15) is 101 Å². The summed E-state index contributed by atoms with van der Waals surface area (Å²) in [7, 11) is 0. The Morgan fingerprint density at radius 2 is 0.943 bits per heavy atom. The normalized spacial score (nSPS) is 17.4. The van der Waals surface area contributed by atoms with Crippen LogP contribution in [0.25, 0.3) is 45.8 Å². The Hall–Kier alpha value is -9.56. The summed E-state index contributed by atoms with van der Waals surface area (Å²) in [4.78, 5) is 0. The monoisotopic (exact) mass is 1140 g/mol. The largest absolute Gasteiger partial charge is 0.355 e. The highest BCUT2D eigenvalue weighted by Gasteiger charge is 2.22. The fourth-order valence-electron chi connectivity index (χ4n) is 11.9. The van der Waals surface area contributed by atoms with E-state index in [4.69, 9.17) is 0 Å². The van der Waals surface area contributed by atoms with Crippen molar-refractivity contribution in [3.05, 3.63) is 372 Å². The minimum absolute atomic E-state index is 0.621. The standard InChI is InChI=1S/C34H32.C21H20.C20H17N.2C6H8/c1-3-7-33-23-27(13-19-29(33)5-1)21-25-9-15-31(16-10-25)32-17-11-26(12-18-32)22-28-14-20-30-6-2-4-8-34(30)24-28;1-3-5-7-18-9-13-20(14-10-18)17-21-15-11-19(12-16-21)8-6-4-2;1-3-7-17-13-19(11-9-15(17)5-1)21-20-12-10-16-6-2-4-8-18(16)14-20;2*1-2-4-6-5-3-1/h1-15,17,19-20,23,28,31-32H,16,18,21-22,24H2;3-16H,1-2,17H2;1,3-5,7-14,21H,2,6H2;2*1-4H,5-6H2/b;7-5-,8-6-;;;. The van der Waals surface area contributed by atoms with Crippen molar-refractivity contribution >= 4 is 57.2 Å². The van der Waals surface area contributed by atoms with Gasteiger partial charge < -0.3 is 5.32 Å². The van der Waals surface area contributed by atoms with E-state index in [0.29, 0.717) is 17.8 Å². The van der Waals surface area contributed by atoms with E-state index >= 15 is 0 Å². The van der Waals surface area contributed by atoms with Gasteiger partial charge >= 0.3 is 0 Å². The lowest BCUT2D eigenvalue weighted by Crippen LogP contribution is -2.15. The summed E-state index contributed by atoms with van der Waals surface area (Å²) in [6, 6.07) is 63.1. The molecule has 3 unspecified atom stereocenters. The van der Waals surface area contributed by atoms with Gasteiger partial charge in [-0.2, -0.15) is 0 Å². The smallest absolute Gasteiger partial charge is 0.0390 e. The van der Waals surface area contributed by atoms with Crippen LogP contribution in [0.3, 0.4) is 0 Å². The Bertz CT molecular complexity index is 3870. The predicted molar refractivity (Wildman–Crippen MR) is 386 cm³/mol. The van der Waals surface area contributed by atoms with Crippen LogP contribution in [0.2, 0.25) is 0 Å². The first-order valence-corrected chi connectivity index (χ1v) is 31.9. The van der Waals surface area contributed by atoms with Crippen LogP contribution in [0.5, 0.6) is 0 Å². The molecule has 0 bridgehead atoms. The lowest BCUT2D eigenvalue weighted by Gasteiger charge is -2.26. The molecule has 1 nitrogen and oxygen atoms in total. The van der Waals surface area contributed by atoms with Crippen molar-refractivity contribution in [1.82, 2.24) is 0 Å². The number of nitrogens with one attached hydrogen (secondary N) is 1. The molecule has 3 atom stereocenters. The highest BCUT2D eigenvalue weighted by Crippen LogP contribution is 2.35. The van der Waals surface area contributed by atoms with Gasteiger partial charge in [0.05, 0.1) is 0 Å². The second-order valence-corrected chi connectivity index (χ2v) is 23.4. The first kappa shape index (κ1) is 61.5. The molecule has 0 fully saturated rings. The van der Waals surface area contributed by atoms with Gasteiger partial charge in [-0.1, -0.05) is 316 Å². The summed E-state index contributed by atoms with van der Waals surface area (Å²) in [5.41, 5.74) is 17.4. The minimum Gasteiger partial charge on any atom is -0.355 e. The lowest BCUT2D eigenvalue weighted by molar-refractivity contribution is 0.472. The van der Waals surface area contributed by atoms with Crippen molar-refractivity contribution in [2.45, 2.75) is 77.0 Å². The van der Waals surface area contributed by atoms with Gasteiger partial charge in [0.15, 0.2) is 0 Å². The number of hydrogen-bond acceptors (Lipinski definition) is 1. The number of anilines is 2. The zero-order valence-electron chi connectivity index (χ0n) is 51.2. The van der Waals surface area contributed by atoms with Crippen LogP contribution < -0.4 is 5.32 Å². The van der Waals surface area contributed by atoms with E-state index in [1.54, 1.807) is 12.2 Å². The van der Waals surface area contributed by atoms with Crippen molar-refractivity contribution in [3.8, 4) is 0 Å². The molecule has 0 saturated carbocycles. The predicted octanol–water partition coefficient (Wildman–Crippen LogP) is 23.7. The van der Waals surface area contributed by atoms with Gasteiger partial charge in [-0.25, -0.2) is 0 Å². The molecule has 8 aromatic rings. The van der Waals surface area contributed by atoms with Crippen LogP contribution in [-0.2, 0) is 25.7 Å². The summed E-state index contributed by atoms with van der Waals surface area (Å²) < 4.78 is 0. The van der Waals surface area contributed by atoms with Crippen LogP contribution in [-0.4, -0.2) is 0 Å². The fraction of sp³-hybridized carbons (Fsp3) is 0.172. The molecule has 0 amide bonds. The van der Waals surface area contributed by atoms with E-state index in [9.17, 15) is 0 Å². The third-order valence-corrected chi connectivity index (χ3v) is 16.8. The van der Waals surface area contributed by atoms with Crippen LogP contribution in [0.15, 0.2) is 322 Å². The fourth-order valence-corrected chi connectivity index (χ4v) is 11.9. The molecule has 0 heterocycles. The van der Waals surface area contributed by atoms with E-state index in [1.165, 1.54) is 115 Å². The molecule has 0 aromatic heterocycles. The van der Waals surface area contributed by atoms with Crippen LogP contribution >= 0.6 is 0 Å². The first-order chi connectivity index (χ1) is 43.5. The Morgan fingerprint density at radius 1 is 0.409 bits per heavy atom. The Morgan fingerprint density at radius 3 is 1.52 bits per heavy atom. The van der Waals surface area contributed by atoms with Crippen molar-refractivity contribution in [2.24, 2.45) is 17.8 Å². The molecule has 6 aliphatic rings. The molecular formula is C87H85N. The summed E-state index contributed by atoms with van der Waals surface area (Å²) in [5.74, 6) is 1.87. The van der Waals surface area contributed by atoms with Gasteiger partial charge in [-0.05, 0) is 196 Å². The minimum atomic E-state index is 0.621. The third-order valence-electron chi connectivity index (χ3n) is 16.8. The van der Waals surface area contributed by atoms with E-state index in [1.807, 2.05) is 12.2 Å². The van der Waals surface area contributed by atoms with Crippen LogP contribution in [0.4, 0.5) is 11.4 Å². The van der Waals surface area contributed by atoms with Gasteiger partial charge in [-0.3, -0.25) is 0 Å². The highest BCUT2D eigenvalue weighted by atomic mass is 14.9. The van der Waals surface area contributed by atoms with Gasteiger partial charge in [-0.15, -0.1) is 0 Å². The summed E-state index contributed by atoms with van der Waals surface area (Å²) in [6.45, 7) is 7.36. The maximum atomic E-state index is 3.68. The van der Waals surface area contributed by atoms with Crippen molar-refractivity contribution in [1.29, 1.82) is 0 Å². The average molecular weight is 1140 g/mol. The Labute approximate surface area is 526 Å². The van der Waals surface area contributed by atoms with E-state index in [2.05, 4.69) is 316 Å². The third kappa shape index (κ3) is 19.2. The molecule has 8 aromatic carbocycles. The highest BCUT2D eigenvalue weighted by molar-refractivity contribution is 5.87. The number of rotatable bonds is 13. The van der Waals surface area contributed by atoms with E-state index in [-0.39, 0.29) is 0 Å². The maximum Gasteiger partial charge on any atom is 0.0390 e. The number of hydrogen-bond donors (Lipinski definition) is 1. The second-order valence-electron chi connectivity index (χ2n) is 23.4. The van der Waals surface area contributed by atoms with Crippen molar-refractivity contribution < 1.29 is 0 Å². The average Bonchev–Trinajstić information content (AvgIpc) is 3.62. The number of allylic oxidation sites excluding steroid dienone is 22. The van der Waals surface area contributed by atoms with Gasteiger partial charge in [0.25, 0.3) is 0 Å². The Kier molecular flexibility index (Phi) is 23.3. The van der Waals surface area contributed by atoms with Crippen LogP contribution in [0, 0.1) is 17.8 Å². The van der Waals surface area contributed by atoms with E-state index < -0.39 is 0 Å². The molecule has 14 rings (SSSR count). The quantitative estimate of drug-likeness (QED) is 0.113. The topological polar surface area (TPSA) is 12.0 Å². The van der Waals surface area contributed by atoms with E-state index in [0.717, 1.165) is 56.3 Å². The Balaban J connectivity index is 0.000000137. The van der Waals surface area contributed by atoms with Crippen molar-refractivity contribution in [2.75, 3.05) is 5.32 Å². The number of fused-ring (bicyclic) bond motifs is 4. The zero-order valence-corrected chi connectivity index (χ0v) is 51.2. The molecule has 0 aliphatic heterocycles. The molecule has 438 valence electrons. The molecule has 1 heteroatoms. The SMILES string of the molecule is C1=CC(C2C=CC(CC3C=Cc4ccccc4C3)=CC2)CC=C1Cc1ccc2ccccc2c1.C1=CCCC=C1.C1=CCCC=C1.C1=Cc2cc(Nc3ccc4ccccc4c3)ccc2CC1.C=C/C=C\c1ccc(Cc2ccc(/C=C\C=C)cc2)cc1. The van der Waals surface area contributed by atoms with Crippen molar-refractivity contribution in [3.63, 3.8) is 0 Å². The molecule has 0 saturated heterocycles. The molecule has 0 spiro atoms. The molecule has 0 radical (unpaired) electrons. The maximum absolute atomic E-state index is 3.68. The van der Waals surface area contributed by atoms with Gasteiger partial charge in [0, 0.05) is 11.4 Å². The lowest BCUT2D eigenvalue weighted by atomic mass is 9.78. The van der Waals surface area contributed by atoms with Gasteiger partial charge in [0.2, 0.25) is 0 Å². The molecule has 88 heavy (non-hydrogen) atoms. The summed E-state index contributed by atoms with van der Waals surface area (Å²) in [6.07, 6.45) is 66.4. The number of benzene rings is 8. The second kappa shape index (κ2) is 33.4. The summed E-state index contributed by atoms with van der Waals surface area (Å²) >= 11 is 0.